The fourth-order valence-electron chi connectivity index (χ4n) is 0.891. The van der Waals surface area contributed by atoms with Gasteiger partial charge in [-0.2, -0.15) is 0 Å². The van der Waals surface area contributed by atoms with E-state index in [0.717, 1.165) is 6.42 Å². The fourth-order valence-corrected chi connectivity index (χ4v) is 2.18. The van der Waals surface area contributed by atoms with Crippen LogP contribution in [0.1, 0.15) is 13.3 Å². The van der Waals surface area contributed by atoms with Crippen LogP contribution in [0.15, 0.2) is 0 Å². The van der Waals surface area contributed by atoms with Gasteiger partial charge in [-0.25, -0.2) is 0 Å². The molecule has 58 valence electrons. The van der Waals surface area contributed by atoms with Crippen LogP contribution in [0.25, 0.3) is 0 Å². The van der Waals surface area contributed by atoms with Crippen molar-refractivity contribution in [2.75, 3.05) is 0 Å². The monoisotopic (exact) mass is 162 g/mol. The number of hydrogen-bond donors (Lipinski definition) is 0. The molecule has 1 unspecified atom stereocenters. The van der Waals surface area contributed by atoms with Gasteiger partial charge in [0.15, 0.2) is 0 Å². The molecule has 0 bridgehead atoms. The molecule has 0 amide bonds. The summed E-state index contributed by atoms with van der Waals surface area (Å²) in [6.45, 7) is 8.68. The quantitative estimate of drug-likeness (QED) is 0.454. The minimum absolute atomic E-state index is 0.300. The first-order valence-electron chi connectivity index (χ1n) is 4.03. The van der Waals surface area contributed by atoms with Crippen LogP contribution in [-0.4, -0.2) is 32.1 Å². The van der Waals surface area contributed by atoms with Gasteiger partial charge in [0.25, 0.3) is 0 Å². The molecule has 1 nitrogen and oxygen atoms in total. The molecule has 0 spiro atoms. The first-order valence-corrected chi connectivity index (χ1v) is 7.44. The summed E-state index contributed by atoms with van der Waals surface area (Å²) < 4.78 is 8.65. The van der Waals surface area contributed by atoms with E-state index < -0.39 is 8.32 Å². The molecule has 0 aliphatic heterocycles. The summed E-state index contributed by atoms with van der Waals surface area (Å²) in [6, 6.07) is 0. The Labute approximate surface area is 80.2 Å². The summed E-state index contributed by atoms with van der Waals surface area (Å²) in [4.78, 5) is 0. The van der Waals surface area contributed by atoms with Gasteiger partial charge in [-0.1, -0.05) is 0 Å². The SMILES string of the molecule is [Li][C]#CCC(C)O[Si](C)(C)C. The molecule has 0 aliphatic carbocycles. The molecular weight excluding hydrogens is 147 g/mol. The van der Waals surface area contributed by atoms with Crippen molar-refractivity contribution < 1.29 is 4.43 Å². The second kappa shape index (κ2) is 5.06. The molecule has 0 fully saturated rings. The Bertz CT molecular complexity index is 163. The van der Waals surface area contributed by atoms with Crippen LogP contribution in [0.2, 0.25) is 19.6 Å². The third kappa shape index (κ3) is 8.24. The molecule has 11 heavy (non-hydrogen) atoms. The summed E-state index contributed by atoms with van der Waals surface area (Å²) in [5, 5.41) is 0. The molecule has 0 aromatic rings. The first kappa shape index (κ1) is 11.3. The van der Waals surface area contributed by atoms with Crippen molar-refractivity contribution in [1.29, 1.82) is 0 Å². The zero-order chi connectivity index (χ0) is 8.91. The average molecular weight is 162 g/mol. The summed E-state index contributed by atoms with van der Waals surface area (Å²) in [5.41, 5.74) is 0. The van der Waals surface area contributed by atoms with Gasteiger partial charge in [0.2, 0.25) is 0 Å². The number of hydrogen-bond acceptors (Lipinski definition) is 1. The van der Waals surface area contributed by atoms with Crippen LogP contribution >= 0.6 is 0 Å². The Kier molecular flexibility index (Phi) is 5.22. The molecule has 0 heterocycles. The van der Waals surface area contributed by atoms with Gasteiger partial charge < -0.3 is 0 Å². The van der Waals surface area contributed by atoms with Crippen molar-refractivity contribution in [3.05, 3.63) is 0 Å². The molecule has 3 heteroatoms. The second-order valence-electron chi connectivity index (χ2n) is 3.67. The van der Waals surface area contributed by atoms with Crippen molar-refractivity contribution in [2.45, 2.75) is 39.1 Å². The van der Waals surface area contributed by atoms with E-state index in [-0.39, 0.29) is 0 Å². The van der Waals surface area contributed by atoms with Crippen LogP contribution in [0.4, 0.5) is 0 Å². The van der Waals surface area contributed by atoms with Gasteiger partial charge in [0.1, 0.15) is 0 Å². The van der Waals surface area contributed by atoms with E-state index in [1.807, 2.05) is 17.7 Å². The Morgan fingerprint density at radius 2 is 2.00 bits per heavy atom. The zero-order valence-corrected chi connectivity index (χ0v) is 9.19. The van der Waals surface area contributed by atoms with Gasteiger partial charge in [-0.3, -0.25) is 0 Å². The Balaban J connectivity index is 3.66. The first-order chi connectivity index (χ1) is 4.95. The van der Waals surface area contributed by atoms with Gasteiger partial charge in [-0.15, -0.1) is 0 Å². The summed E-state index contributed by atoms with van der Waals surface area (Å²) >= 11 is 1.86. The van der Waals surface area contributed by atoms with E-state index in [1.54, 1.807) is 0 Å². The predicted octanol–water partition coefficient (Wildman–Crippen LogP) is 1.75. The zero-order valence-electron chi connectivity index (χ0n) is 8.19. The fraction of sp³-hybridized carbons (Fsp3) is 0.750. The van der Waals surface area contributed by atoms with Gasteiger partial charge in [0, 0.05) is 0 Å². The van der Waals surface area contributed by atoms with Crippen molar-refractivity contribution >= 4 is 26.0 Å². The van der Waals surface area contributed by atoms with Crippen molar-refractivity contribution in [3.63, 3.8) is 0 Å². The van der Waals surface area contributed by atoms with E-state index in [4.69, 9.17) is 4.43 Å². The van der Waals surface area contributed by atoms with Gasteiger partial charge in [-0.05, 0) is 0 Å². The standard InChI is InChI=1S/C8H15OSi.Li/c1-6-7-8(2)9-10(3,4)5;/h8H,7H2,2-5H3;. The average Bonchev–Trinajstić information content (AvgIpc) is 1.79. The maximum absolute atomic E-state index is 5.78. The molecule has 0 aromatic heterocycles. The molecule has 1 atom stereocenters. The van der Waals surface area contributed by atoms with E-state index >= 15 is 0 Å². The van der Waals surface area contributed by atoms with Crippen molar-refractivity contribution in [2.24, 2.45) is 0 Å². The van der Waals surface area contributed by atoms with Crippen LogP contribution in [0.3, 0.4) is 0 Å². The topological polar surface area (TPSA) is 9.23 Å². The molecule has 0 saturated carbocycles. The van der Waals surface area contributed by atoms with Gasteiger partial charge in [0.05, 0.1) is 0 Å². The normalized spacial score (nSPS) is 13.6. The van der Waals surface area contributed by atoms with Crippen LogP contribution in [0, 0.1) is 10.5 Å². The Morgan fingerprint density at radius 1 is 1.45 bits per heavy atom. The molecular formula is C8H15LiOSi. The van der Waals surface area contributed by atoms with E-state index in [0.29, 0.717) is 6.10 Å². The third-order valence-corrected chi connectivity index (χ3v) is 2.23. The van der Waals surface area contributed by atoms with Crippen LogP contribution in [0.5, 0.6) is 0 Å². The summed E-state index contributed by atoms with van der Waals surface area (Å²) in [7, 11) is -1.34. The Hall–Kier alpha value is 0.334. The van der Waals surface area contributed by atoms with E-state index in [9.17, 15) is 0 Å². The minimum atomic E-state index is -1.34. The van der Waals surface area contributed by atoms with E-state index in [2.05, 4.69) is 37.1 Å². The van der Waals surface area contributed by atoms with Crippen LogP contribution in [-0.2, 0) is 4.43 Å². The maximum atomic E-state index is 5.78. The number of rotatable bonds is 3. The van der Waals surface area contributed by atoms with E-state index in [1.165, 1.54) is 0 Å². The summed E-state index contributed by atoms with van der Waals surface area (Å²) in [5.74, 6) is 3.02. The molecule has 0 rings (SSSR count). The predicted molar refractivity (Wildman–Crippen MR) is 52.0 cm³/mol. The second-order valence-corrected chi connectivity index (χ2v) is 8.13. The molecule has 0 aromatic carbocycles. The van der Waals surface area contributed by atoms with Crippen molar-refractivity contribution in [3.8, 4) is 10.5 Å². The van der Waals surface area contributed by atoms with Crippen molar-refractivity contribution in [1.82, 2.24) is 0 Å². The third-order valence-electron chi connectivity index (χ3n) is 1.12. The van der Waals surface area contributed by atoms with Gasteiger partial charge >= 0.3 is 80.1 Å². The molecule has 0 radical (unpaired) electrons. The Morgan fingerprint density at radius 3 is 2.36 bits per heavy atom. The van der Waals surface area contributed by atoms with Crippen LogP contribution < -0.4 is 0 Å². The molecule has 0 aliphatic rings. The molecule has 0 saturated heterocycles. The summed E-state index contributed by atoms with van der Waals surface area (Å²) in [6.07, 6.45) is 1.16. The molecule has 0 N–H and O–H groups in total.